The lowest BCUT2D eigenvalue weighted by Gasteiger charge is -2.25. The number of ketones is 1. The lowest BCUT2D eigenvalue weighted by molar-refractivity contribution is -0.132. The second-order valence-electron chi connectivity index (χ2n) is 8.02. The van der Waals surface area contributed by atoms with Crippen molar-refractivity contribution in [3.63, 3.8) is 0 Å². The lowest BCUT2D eigenvalue weighted by Crippen LogP contribution is -2.29. The van der Waals surface area contributed by atoms with Gasteiger partial charge in [0, 0.05) is 27.9 Å². The first-order valence-corrected chi connectivity index (χ1v) is 13.6. The third kappa shape index (κ3) is 4.74. The van der Waals surface area contributed by atoms with E-state index >= 15 is 0 Å². The van der Waals surface area contributed by atoms with Crippen LogP contribution in [0.25, 0.3) is 5.76 Å². The van der Waals surface area contributed by atoms with Gasteiger partial charge in [0.25, 0.3) is 21.7 Å². The van der Waals surface area contributed by atoms with Crippen LogP contribution in [-0.2, 0) is 19.6 Å². The fraction of sp³-hybridized carbons (Fsp3) is 0.0385. The Labute approximate surface area is 221 Å². The molecule has 0 spiro atoms. The van der Waals surface area contributed by atoms with E-state index in [2.05, 4.69) is 9.71 Å². The number of sulfonamides is 1. The van der Waals surface area contributed by atoms with Gasteiger partial charge in [0.2, 0.25) is 0 Å². The first-order valence-electron chi connectivity index (χ1n) is 10.9. The zero-order valence-electron chi connectivity index (χ0n) is 18.9. The predicted octanol–water partition coefficient (Wildman–Crippen LogP) is 5.22. The Morgan fingerprint density at radius 2 is 1.65 bits per heavy atom. The Morgan fingerprint density at radius 1 is 0.973 bits per heavy atom. The number of anilines is 2. The van der Waals surface area contributed by atoms with E-state index in [0.29, 0.717) is 21.8 Å². The van der Waals surface area contributed by atoms with Crippen LogP contribution in [0.5, 0.6) is 0 Å². The fourth-order valence-corrected chi connectivity index (χ4v) is 5.96. The number of carbonyl (C=O) groups is 2. The molecule has 0 radical (unpaired) electrons. The van der Waals surface area contributed by atoms with Gasteiger partial charge in [-0.15, -0.1) is 11.3 Å². The molecule has 1 aliphatic heterocycles. The number of aliphatic hydroxyl groups is 1. The minimum absolute atomic E-state index is 0.0412. The number of amides is 1. The summed E-state index contributed by atoms with van der Waals surface area (Å²) >= 11 is 7.10. The molecule has 0 bridgehead atoms. The molecule has 1 saturated heterocycles. The summed E-state index contributed by atoms with van der Waals surface area (Å²) in [6, 6.07) is 19.7. The summed E-state index contributed by atoms with van der Waals surface area (Å²) in [6.07, 6.45) is 1.48. The number of halogens is 1. The minimum atomic E-state index is -3.91. The Morgan fingerprint density at radius 3 is 2.27 bits per heavy atom. The predicted molar refractivity (Wildman–Crippen MR) is 142 cm³/mol. The molecule has 0 saturated carbocycles. The number of hydrogen-bond acceptors (Lipinski definition) is 7. The number of carbonyl (C=O) groups excluding carboxylic acids is 2. The number of nitrogens with zero attached hydrogens (tertiary/aromatic N) is 2. The van der Waals surface area contributed by atoms with Gasteiger partial charge in [-0.25, -0.2) is 13.4 Å². The van der Waals surface area contributed by atoms with Crippen LogP contribution in [0.2, 0.25) is 5.02 Å². The van der Waals surface area contributed by atoms with Crippen LogP contribution in [-0.4, -0.2) is 30.2 Å². The minimum Gasteiger partial charge on any atom is -0.507 e. The fourth-order valence-electron chi connectivity index (χ4n) is 4.05. The maximum absolute atomic E-state index is 13.3. The molecule has 0 unspecified atom stereocenters. The topological polar surface area (TPSA) is 117 Å². The van der Waals surface area contributed by atoms with E-state index in [9.17, 15) is 23.1 Å². The smallest absolute Gasteiger partial charge is 0.300 e. The van der Waals surface area contributed by atoms with Crippen LogP contribution in [0.15, 0.2) is 101 Å². The maximum Gasteiger partial charge on any atom is 0.300 e. The van der Waals surface area contributed by atoms with E-state index in [1.165, 1.54) is 35.4 Å². The number of rotatable bonds is 6. The first-order chi connectivity index (χ1) is 17.8. The number of nitrogens with one attached hydrogen (secondary N) is 1. The standard InChI is InChI=1S/C26H18ClN3O5S2/c27-18-8-6-17(7-9-18)23(31)21-22(16-4-2-1-3-5-16)30(25(33)24(21)32)19-10-12-20(13-11-19)37(34,35)29-26-28-14-15-36-26/h1-15,22,31H,(H,28,29)/t22-/m1/s1. The van der Waals surface area contributed by atoms with Crippen molar-refractivity contribution in [1.29, 1.82) is 0 Å². The molecule has 186 valence electrons. The van der Waals surface area contributed by atoms with Crippen molar-refractivity contribution in [1.82, 2.24) is 4.98 Å². The van der Waals surface area contributed by atoms with Crippen molar-refractivity contribution in [3.05, 3.63) is 112 Å². The van der Waals surface area contributed by atoms with Crippen LogP contribution in [0.3, 0.4) is 0 Å². The van der Waals surface area contributed by atoms with Gasteiger partial charge in [-0.1, -0.05) is 41.9 Å². The van der Waals surface area contributed by atoms with E-state index < -0.39 is 27.8 Å². The molecule has 4 aromatic rings. The normalized spacial score (nSPS) is 17.2. The highest BCUT2D eigenvalue weighted by atomic mass is 35.5. The van der Waals surface area contributed by atoms with E-state index in [0.717, 1.165) is 11.3 Å². The molecule has 3 aromatic carbocycles. The summed E-state index contributed by atoms with van der Waals surface area (Å²) in [5.41, 5.74) is 1.14. The van der Waals surface area contributed by atoms with Crippen molar-refractivity contribution in [2.45, 2.75) is 10.9 Å². The summed E-state index contributed by atoms with van der Waals surface area (Å²) in [5.74, 6) is -2.04. The Hall–Kier alpha value is -3.99. The highest BCUT2D eigenvalue weighted by Gasteiger charge is 2.47. The molecular weight excluding hydrogens is 534 g/mol. The van der Waals surface area contributed by atoms with E-state index in [1.54, 1.807) is 60.0 Å². The number of Topliss-reactive ketones (excluding diaryl/α,β-unsaturated/α-hetero) is 1. The number of aliphatic hydroxyl groups excluding tert-OH is 1. The van der Waals surface area contributed by atoms with Gasteiger partial charge in [-0.2, -0.15) is 0 Å². The highest BCUT2D eigenvalue weighted by molar-refractivity contribution is 7.93. The highest BCUT2D eigenvalue weighted by Crippen LogP contribution is 2.42. The number of aromatic nitrogens is 1. The van der Waals surface area contributed by atoms with Gasteiger partial charge in [0.05, 0.1) is 16.5 Å². The van der Waals surface area contributed by atoms with Crippen LogP contribution in [0.1, 0.15) is 17.2 Å². The van der Waals surface area contributed by atoms with Crippen molar-refractivity contribution < 1.29 is 23.1 Å². The van der Waals surface area contributed by atoms with Crippen LogP contribution < -0.4 is 9.62 Å². The van der Waals surface area contributed by atoms with Crippen LogP contribution in [0.4, 0.5) is 10.8 Å². The van der Waals surface area contributed by atoms with Crippen molar-refractivity contribution in [3.8, 4) is 0 Å². The molecule has 11 heteroatoms. The van der Waals surface area contributed by atoms with Crippen molar-refractivity contribution in [2.24, 2.45) is 0 Å². The van der Waals surface area contributed by atoms with E-state index in [4.69, 9.17) is 11.6 Å². The number of thiazole rings is 1. The third-order valence-corrected chi connectivity index (χ3v) is 8.18. The third-order valence-electron chi connectivity index (χ3n) is 5.76. The number of hydrogen-bond donors (Lipinski definition) is 2. The Balaban J connectivity index is 1.58. The molecule has 1 atom stereocenters. The zero-order chi connectivity index (χ0) is 26.2. The lowest BCUT2D eigenvalue weighted by atomic mass is 9.95. The summed E-state index contributed by atoms with van der Waals surface area (Å²) in [7, 11) is -3.91. The molecule has 2 N–H and O–H groups in total. The molecule has 2 heterocycles. The summed E-state index contributed by atoms with van der Waals surface area (Å²) in [6.45, 7) is 0. The summed E-state index contributed by atoms with van der Waals surface area (Å²) < 4.78 is 27.8. The first kappa shape index (κ1) is 24.7. The van der Waals surface area contributed by atoms with Gasteiger partial charge in [0.15, 0.2) is 5.13 Å². The van der Waals surface area contributed by atoms with Crippen molar-refractivity contribution in [2.75, 3.05) is 9.62 Å². The second-order valence-corrected chi connectivity index (χ2v) is 11.0. The van der Waals surface area contributed by atoms with E-state index in [-0.39, 0.29) is 21.4 Å². The molecule has 1 amide bonds. The van der Waals surface area contributed by atoms with Gasteiger partial charge < -0.3 is 5.11 Å². The molecule has 5 rings (SSSR count). The molecule has 0 aliphatic carbocycles. The Kier molecular flexibility index (Phi) is 6.55. The molecular formula is C26H18ClN3O5S2. The zero-order valence-corrected chi connectivity index (χ0v) is 21.3. The van der Waals surface area contributed by atoms with Gasteiger partial charge in [0.1, 0.15) is 5.76 Å². The van der Waals surface area contributed by atoms with Crippen LogP contribution in [0, 0.1) is 0 Å². The van der Waals surface area contributed by atoms with Gasteiger partial charge in [-0.05, 0) is 54.1 Å². The maximum atomic E-state index is 13.3. The molecule has 8 nitrogen and oxygen atoms in total. The number of benzene rings is 3. The molecule has 1 aromatic heterocycles. The summed E-state index contributed by atoms with van der Waals surface area (Å²) in [4.78, 5) is 31.6. The molecule has 1 aliphatic rings. The SMILES string of the molecule is O=C1C(=O)N(c2ccc(S(=O)(=O)Nc3nccs3)cc2)[C@H](c2ccccc2)C1=C(O)c1ccc(Cl)cc1. The van der Waals surface area contributed by atoms with Gasteiger partial charge >= 0.3 is 0 Å². The monoisotopic (exact) mass is 551 g/mol. The van der Waals surface area contributed by atoms with E-state index in [1.807, 2.05) is 0 Å². The largest absolute Gasteiger partial charge is 0.507 e. The average molecular weight is 552 g/mol. The van der Waals surface area contributed by atoms with Crippen molar-refractivity contribution >= 4 is 61.2 Å². The molecule has 37 heavy (non-hydrogen) atoms. The van der Waals surface area contributed by atoms with Crippen LogP contribution >= 0.6 is 22.9 Å². The average Bonchev–Trinajstić information content (AvgIpc) is 3.50. The molecule has 1 fully saturated rings. The van der Waals surface area contributed by atoms with Gasteiger partial charge in [-0.3, -0.25) is 19.2 Å². The quantitative estimate of drug-likeness (QED) is 0.193. The second kappa shape index (κ2) is 9.81. The Bertz CT molecular complexity index is 1600. The summed E-state index contributed by atoms with van der Waals surface area (Å²) in [5, 5.41) is 13.4.